The highest BCUT2D eigenvalue weighted by Gasteiger charge is 2.26. The lowest BCUT2D eigenvalue weighted by Gasteiger charge is -2.36. The van der Waals surface area contributed by atoms with Gasteiger partial charge in [0.15, 0.2) is 0 Å². The van der Waals surface area contributed by atoms with Crippen molar-refractivity contribution >= 4 is 45.7 Å². The van der Waals surface area contributed by atoms with Crippen molar-refractivity contribution in [3.63, 3.8) is 0 Å². The van der Waals surface area contributed by atoms with Crippen LogP contribution < -0.4 is 16.0 Å². The number of nitrogens with two attached hydrogens (primary N) is 1. The molecule has 6 rings (SSSR count). The second-order valence-electron chi connectivity index (χ2n) is 10.7. The van der Waals surface area contributed by atoms with E-state index < -0.39 is 0 Å². The van der Waals surface area contributed by atoms with Crippen LogP contribution in [-0.4, -0.2) is 94.2 Å². The SMILES string of the molecule is Nc1ccc(C(=O)N2CCC(Nc3ncc(Cl)c(-c4c[nH]c5ccccc45)n3)CC2)cc1N1CCN(CCO)CC1. The first-order valence-electron chi connectivity index (χ1n) is 14.1. The molecule has 0 spiro atoms. The quantitative estimate of drug-likeness (QED) is 0.246. The summed E-state index contributed by atoms with van der Waals surface area (Å²) in [6.07, 6.45) is 5.13. The molecule has 41 heavy (non-hydrogen) atoms. The average Bonchev–Trinajstić information content (AvgIpc) is 3.43. The molecule has 2 aliphatic heterocycles. The van der Waals surface area contributed by atoms with Crippen LogP contribution in [0, 0.1) is 0 Å². The Kier molecular flexibility index (Phi) is 7.95. The van der Waals surface area contributed by atoms with Crippen LogP contribution in [0.4, 0.5) is 17.3 Å². The molecule has 4 aromatic rings. The maximum atomic E-state index is 13.4. The van der Waals surface area contributed by atoms with Crippen LogP contribution in [0.15, 0.2) is 54.9 Å². The van der Waals surface area contributed by atoms with E-state index in [0.29, 0.717) is 47.6 Å². The number of nitrogen functional groups attached to an aromatic ring is 1. The Hall–Kier alpha value is -3.86. The van der Waals surface area contributed by atoms with E-state index >= 15 is 0 Å². The number of carbonyl (C=O) groups excluding carboxylic acids is 1. The highest BCUT2D eigenvalue weighted by Crippen LogP contribution is 2.33. The molecule has 214 valence electrons. The molecular weight excluding hydrogens is 540 g/mol. The molecular formula is C30H35ClN8O2. The summed E-state index contributed by atoms with van der Waals surface area (Å²) in [6, 6.07) is 13.8. The fourth-order valence-electron chi connectivity index (χ4n) is 5.79. The number of aliphatic hydroxyl groups is 1. The van der Waals surface area contributed by atoms with Crippen LogP contribution in [-0.2, 0) is 0 Å². The molecule has 0 bridgehead atoms. The van der Waals surface area contributed by atoms with Gasteiger partial charge in [-0.05, 0) is 37.1 Å². The number of fused-ring (bicyclic) bond motifs is 1. The molecule has 4 heterocycles. The molecule has 2 fully saturated rings. The van der Waals surface area contributed by atoms with Crippen molar-refractivity contribution in [2.75, 3.05) is 68.4 Å². The first-order valence-corrected chi connectivity index (χ1v) is 14.5. The van der Waals surface area contributed by atoms with E-state index in [1.165, 1.54) is 0 Å². The summed E-state index contributed by atoms with van der Waals surface area (Å²) in [5.41, 5.74) is 11.2. The predicted octanol–water partition coefficient (Wildman–Crippen LogP) is 3.69. The van der Waals surface area contributed by atoms with Crippen LogP contribution >= 0.6 is 11.6 Å². The number of piperazine rings is 1. The number of piperidine rings is 1. The van der Waals surface area contributed by atoms with Crippen LogP contribution in [0.2, 0.25) is 5.02 Å². The lowest BCUT2D eigenvalue weighted by atomic mass is 10.0. The van der Waals surface area contributed by atoms with Gasteiger partial charge in [0.05, 0.1) is 34.9 Å². The van der Waals surface area contributed by atoms with Crippen molar-refractivity contribution in [2.24, 2.45) is 0 Å². The number of hydrogen-bond acceptors (Lipinski definition) is 8. The average molecular weight is 575 g/mol. The molecule has 2 saturated heterocycles. The second kappa shape index (κ2) is 11.9. The van der Waals surface area contributed by atoms with Gasteiger partial charge in [-0.3, -0.25) is 9.69 Å². The van der Waals surface area contributed by atoms with Crippen molar-refractivity contribution < 1.29 is 9.90 Å². The van der Waals surface area contributed by atoms with Gasteiger partial charge in [-0.2, -0.15) is 0 Å². The number of rotatable bonds is 7. The smallest absolute Gasteiger partial charge is 0.253 e. The van der Waals surface area contributed by atoms with Gasteiger partial charge in [0, 0.05) is 80.1 Å². The monoisotopic (exact) mass is 574 g/mol. The van der Waals surface area contributed by atoms with Crippen molar-refractivity contribution in [2.45, 2.75) is 18.9 Å². The third-order valence-electron chi connectivity index (χ3n) is 8.11. The van der Waals surface area contributed by atoms with Crippen molar-refractivity contribution in [3.8, 4) is 11.3 Å². The van der Waals surface area contributed by atoms with Gasteiger partial charge in [0.2, 0.25) is 5.95 Å². The molecule has 0 atom stereocenters. The van der Waals surface area contributed by atoms with E-state index in [1.54, 1.807) is 6.20 Å². The summed E-state index contributed by atoms with van der Waals surface area (Å²) >= 11 is 6.50. The molecule has 0 aliphatic carbocycles. The Morgan fingerprint density at radius 3 is 2.66 bits per heavy atom. The van der Waals surface area contributed by atoms with Gasteiger partial charge in [-0.25, -0.2) is 9.97 Å². The number of anilines is 3. The molecule has 2 aromatic heterocycles. The number of nitrogens with zero attached hydrogens (tertiary/aromatic N) is 5. The summed E-state index contributed by atoms with van der Waals surface area (Å²) in [7, 11) is 0. The van der Waals surface area contributed by atoms with Gasteiger partial charge in [0.1, 0.15) is 0 Å². The molecule has 0 radical (unpaired) electrons. The Labute approximate surface area is 244 Å². The molecule has 10 nitrogen and oxygen atoms in total. The fourth-order valence-corrected chi connectivity index (χ4v) is 5.98. The summed E-state index contributed by atoms with van der Waals surface area (Å²) in [4.78, 5) is 32.3. The number of nitrogens with one attached hydrogen (secondary N) is 2. The second-order valence-corrected chi connectivity index (χ2v) is 11.1. The summed E-state index contributed by atoms with van der Waals surface area (Å²) in [5, 5.41) is 14.2. The number of aromatic amines is 1. The van der Waals surface area contributed by atoms with Gasteiger partial charge in [0.25, 0.3) is 5.91 Å². The Bertz CT molecular complexity index is 1530. The Morgan fingerprint density at radius 1 is 1.10 bits per heavy atom. The first kappa shape index (κ1) is 27.3. The van der Waals surface area contributed by atoms with Crippen molar-refractivity contribution in [3.05, 3.63) is 65.4 Å². The lowest BCUT2D eigenvalue weighted by Crippen LogP contribution is -2.47. The summed E-state index contributed by atoms with van der Waals surface area (Å²) in [5.74, 6) is 0.551. The lowest BCUT2D eigenvalue weighted by molar-refractivity contribution is 0.0718. The molecule has 0 unspecified atom stereocenters. The minimum Gasteiger partial charge on any atom is -0.397 e. The van der Waals surface area contributed by atoms with E-state index in [0.717, 1.165) is 61.2 Å². The highest BCUT2D eigenvalue weighted by molar-refractivity contribution is 6.33. The minimum atomic E-state index is 0.0213. The molecule has 2 aliphatic rings. The maximum absolute atomic E-state index is 13.4. The van der Waals surface area contributed by atoms with Crippen LogP contribution in [0.1, 0.15) is 23.2 Å². The summed E-state index contributed by atoms with van der Waals surface area (Å²) in [6.45, 7) is 5.47. The normalized spacial score (nSPS) is 16.8. The fraction of sp³-hybridized carbons (Fsp3) is 0.367. The van der Waals surface area contributed by atoms with E-state index in [2.05, 4.69) is 25.1 Å². The zero-order valence-corrected chi connectivity index (χ0v) is 23.6. The number of halogens is 1. The van der Waals surface area contributed by atoms with Gasteiger partial charge in [-0.1, -0.05) is 29.8 Å². The standard InChI is InChI=1S/C30H35ClN8O2/c31-24-19-34-30(36-28(24)23-18-33-26-4-2-1-3-22(23)26)35-21-7-9-39(10-8-21)29(41)20-5-6-25(32)27(17-20)38-13-11-37(12-14-38)15-16-40/h1-6,17-19,21,33,40H,7-16,32H2,(H,34,35,36). The van der Waals surface area contributed by atoms with E-state index in [9.17, 15) is 9.90 Å². The topological polar surface area (TPSA) is 127 Å². The molecule has 0 saturated carbocycles. The van der Waals surface area contributed by atoms with E-state index in [1.807, 2.05) is 53.6 Å². The zero-order valence-electron chi connectivity index (χ0n) is 22.9. The number of hydrogen-bond donors (Lipinski definition) is 4. The number of H-pyrrole nitrogens is 1. The largest absolute Gasteiger partial charge is 0.397 e. The number of likely N-dealkylation sites (tertiary alicyclic amines) is 1. The first-order chi connectivity index (χ1) is 20.0. The third-order valence-corrected chi connectivity index (χ3v) is 8.39. The van der Waals surface area contributed by atoms with E-state index in [4.69, 9.17) is 22.3 Å². The number of amides is 1. The van der Waals surface area contributed by atoms with Gasteiger partial charge >= 0.3 is 0 Å². The summed E-state index contributed by atoms with van der Waals surface area (Å²) < 4.78 is 0. The van der Waals surface area contributed by atoms with E-state index in [-0.39, 0.29) is 18.6 Å². The number of aliphatic hydroxyl groups excluding tert-OH is 1. The third kappa shape index (κ3) is 5.81. The number of β-amino-alcohol motifs (C(OH)–C–C–N with tert-alkyl or cyclic N) is 1. The number of para-hydroxylation sites is 1. The number of carbonyl (C=O) groups is 1. The molecule has 11 heteroatoms. The number of benzene rings is 2. The Morgan fingerprint density at radius 2 is 1.88 bits per heavy atom. The molecule has 1 amide bonds. The van der Waals surface area contributed by atoms with Crippen LogP contribution in [0.25, 0.3) is 22.2 Å². The Balaban J connectivity index is 1.08. The van der Waals surface area contributed by atoms with Gasteiger partial charge < -0.3 is 30.9 Å². The highest BCUT2D eigenvalue weighted by atomic mass is 35.5. The van der Waals surface area contributed by atoms with Crippen LogP contribution in [0.3, 0.4) is 0 Å². The van der Waals surface area contributed by atoms with Gasteiger partial charge in [-0.15, -0.1) is 0 Å². The minimum absolute atomic E-state index is 0.0213. The maximum Gasteiger partial charge on any atom is 0.253 e. The predicted molar refractivity (Wildman–Crippen MR) is 163 cm³/mol. The van der Waals surface area contributed by atoms with Crippen molar-refractivity contribution in [1.29, 1.82) is 0 Å². The zero-order chi connectivity index (χ0) is 28.3. The molecule has 5 N–H and O–H groups in total. The van der Waals surface area contributed by atoms with Crippen molar-refractivity contribution in [1.82, 2.24) is 24.8 Å². The molecule has 2 aromatic carbocycles. The van der Waals surface area contributed by atoms with Crippen LogP contribution in [0.5, 0.6) is 0 Å². The number of aromatic nitrogens is 3.